The Bertz CT molecular complexity index is 821. The molecule has 2 aromatic rings. The van der Waals surface area contributed by atoms with Crippen LogP contribution in [0.1, 0.15) is 38.3 Å². The average molecular weight is 313 g/mol. The van der Waals surface area contributed by atoms with Gasteiger partial charge in [-0.15, -0.1) is 0 Å². The van der Waals surface area contributed by atoms with Crippen molar-refractivity contribution in [1.29, 1.82) is 0 Å². The van der Waals surface area contributed by atoms with Crippen LogP contribution in [0.2, 0.25) is 0 Å². The van der Waals surface area contributed by atoms with E-state index in [1.807, 2.05) is 0 Å². The van der Waals surface area contributed by atoms with E-state index in [0.29, 0.717) is 17.9 Å². The van der Waals surface area contributed by atoms with E-state index in [2.05, 4.69) is 34.7 Å². The Balaban J connectivity index is 1.89. The summed E-state index contributed by atoms with van der Waals surface area (Å²) in [6, 6.07) is 5.71. The Morgan fingerprint density at radius 1 is 1.26 bits per heavy atom. The largest absolute Gasteiger partial charge is 0.326 e. The predicted octanol–water partition coefficient (Wildman–Crippen LogP) is 2.47. The monoisotopic (exact) mass is 313 g/mol. The molecule has 1 aliphatic heterocycles. The number of benzene rings is 1. The number of hydrogen-bond donors (Lipinski definition) is 1. The van der Waals surface area contributed by atoms with Crippen LogP contribution in [-0.4, -0.2) is 26.0 Å². The fourth-order valence-corrected chi connectivity index (χ4v) is 3.42. The molecule has 2 heterocycles. The highest BCUT2D eigenvalue weighted by Gasteiger charge is 2.41. The number of ketones is 1. The second kappa shape index (κ2) is 4.71. The van der Waals surface area contributed by atoms with Crippen molar-refractivity contribution in [1.82, 2.24) is 20.2 Å². The number of allylic oxidation sites excluding steroid dienone is 2. The molecule has 0 bridgehead atoms. The lowest BCUT2D eigenvalue weighted by atomic mass is 9.73. The number of fused-ring (bicyclic) bond motifs is 1. The van der Waals surface area contributed by atoms with Crippen LogP contribution < -0.4 is 5.32 Å². The van der Waals surface area contributed by atoms with E-state index in [1.54, 1.807) is 16.8 Å². The van der Waals surface area contributed by atoms with Crippen molar-refractivity contribution in [2.75, 3.05) is 5.32 Å². The van der Waals surface area contributed by atoms with E-state index in [1.165, 1.54) is 12.1 Å². The number of tetrazole rings is 1. The Morgan fingerprint density at radius 3 is 2.74 bits per heavy atom. The van der Waals surface area contributed by atoms with Crippen molar-refractivity contribution in [2.45, 2.75) is 32.7 Å². The molecule has 4 rings (SSSR count). The van der Waals surface area contributed by atoms with Gasteiger partial charge in [0, 0.05) is 17.7 Å². The van der Waals surface area contributed by atoms with E-state index >= 15 is 0 Å². The van der Waals surface area contributed by atoms with Gasteiger partial charge in [-0.05, 0) is 40.0 Å². The lowest BCUT2D eigenvalue weighted by Crippen LogP contribution is -2.36. The summed E-state index contributed by atoms with van der Waals surface area (Å²) in [6.07, 6.45) is 1.22. The first-order valence-electron chi connectivity index (χ1n) is 7.51. The van der Waals surface area contributed by atoms with E-state index in [-0.39, 0.29) is 17.0 Å². The molecule has 0 radical (unpaired) electrons. The number of aromatic nitrogens is 4. The minimum atomic E-state index is -0.416. The molecule has 0 saturated heterocycles. The number of nitrogens with zero attached hydrogens (tertiary/aromatic N) is 4. The maximum absolute atomic E-state index is 13.3. The molecule has 6 nitrogen and oxygen atoms in total. The van der Waals surface area contributed by atoms with Crippen LogP contribution in [0.25, 0.3) is 0 Å². The van der Waals surface area contributed by atoms with Crippen molar-refractivity contribution in [2.24, 2.45) is 5.41 Å². The highest BCUT2D eigenvalue weighted by Crippen LogP contribution is 2.44. The van der Waals surface area contributed by atoms with Gasteiger partial charge in [0.05, 0.1) is 0 Å². The fraction of sp³-hybridized carbons (Fsp3) is 0.375. The molecule has 0 spiro atoms. The summed E-state index contributed by atoms with van der Waals surface area (Å²) in [5, 5.41) is 14.9. The van der Waals surface area contributed by atoms with Crippen LogP contribution in [0.5, 0.6) is 0 Å². The quantitative estimate of drug-likeness (QED) is 0.875. The van der Waals surface area contributed by atoms with Gasteiger partial charge >= 0.3 is 0 Å². The zero-order valence-corrected chi connectivity index (χ0v) is 12.9. The smallest absolute Gasteiger partial charge is 0.248 e. The van der Waals surface area contributed by atoms with E-state index in [4.69, 9.17) is 0 Å². The first-order chi connectivity index (χ1) is 10.9. The van der Waals surface area contributed by atoms with Crippen LogP contribution in [0.4, 0.5) is 10.3 Å². The Labute approximate surface area is 132 Å². The van der Waals surface area contributed by atoms with Gasteiger partial charge in [-0.2, -0.15) is 4.68 Å². The fourth-order valence-electron chi connectivity index (χ4n) is 3.42. The van der Waals surface area contributed by atoms with Crippen LogP contribution in [0.15, 0.2) is 35.5 Å². The molecule has 0 fully saturated rings. The Hall–Kier alpha value is -2.57. The van der Waals surface area contributed by atoms with Crippen LogP contribution in [0.3, 0.4) is 0 Å². The van der Waals surface area contributed by atoms with Gasteiger partial charge in [0.1, 0.15) is 11.9 Å². The molecule has 0 saturated carbocycles. The molecule has 7 heteroatoms. The van der Waals surface area contributed by atoms with Crippen molar-refractivity contribution in [3.8, 4) is 0 Å². The number of rotatable bonds is 1. The average Bonchev–Trinajstić information content (AvgIpc) is 2.92. The Morgan fingerprint density at radius 2 is 2.00 bits per heavy atom. The first kappa shape index (κ1) is 14.0. The SMILES string of the molecule is CC1(C)CC(=O)C2=C(C1)Nc1nnnn1[C@@H]2c1ccc(F)cc1. The molecule has 1 aliphatic carbocycles. The minimum absolute atomic E-state index is 0.0826. The number of hydrogen-bond acceptors (Lipinski definition) is 5. The molecule has 1 N–H and O–H groups in total. The van der Waals surface area contributed by atoms with Gasteiger partial charge in [-0.3, -0.25) is 4.79 Å². The van der Waals surface area contributed by atoms with Gasteiger partial charge in [0.25, 0.3) is 0 Å². The van der Waals surface area contributed by atoms with E-state index in [9.17, 15) is 9.18 Å². The third-order valence-corrected chi connectivity index (χ3v) is 4.38. The topological polar surface area (TPSA) is 72.7 Å². The van der Waals surface area contributed by atoms with E-state index in [0.717, 1.165) is 17.7 Å². The highest BCUT2D eigenvalue weighted by molar-refractivity contribution is 6.00. The number of carbonyl (C=O) groups is 1. The summed E-state index contributed by atoms with van der Waals surface area (Å²) in [5.74, 6) is 0.271. The molecular formula is C16H16FN5O. The van der Waals surface area contributed by atoms with E-state index < -0.39 is 6.04 Å². The maximum atomic E-state index is 13.3. The third kappa shape index (κ3) is 2.23. The molecule has 1 atom stereocenters. The lowest BCUT2D eigenvalue weighted by molar-refractivity contribution is -0.118. The number of anilines is 1. The summed E-state index contributed by atoms with van der Waals surface area (Å²) in [4.78, 5) is 12.8. The number of carbonyl (C=O) groups excluding carboxylic acids is 1. The zero-order valence-electron chi connectivity index (χ0n) is 12.9. The third-order valence-electron chi connectivity index (χ3n) is 4.38. The molecule has 1 aromatic heterocycles. The van der Waals surface area contributed by atoms with Crippen molar-refractivity contribution < 1.29 is 9.18 Å². The van der Waals surface area contributed by atoms with Gasteiger partial charge < -0.3 is 5.32 Å². The van der Waals surface area contributed by atoms with Crippen molar-refractivity contribution in [3.63, 3.8) is 0 Å². The highest BCUT2D eigenvalue weighted by atomic mass is 19.1. The van der Waals surface area contributed by atoms with Gasteiger partial charge in [-0.1, -0.05) is 31.1 Å². The van der Waals surface area contributed by atoms with Crippen molar-refractivity contribution >= 4 is 11.7 Å². The molecule has 23 heavy (non-hydrogen) atoms. The molecule has 1 aromatic carbocycles. The number of halogens is 1. The Kier molecular flexibility index (Phi) is 2.88. The zero-order chi connectivity index (χ0) is 16.2. The van der Waals surface area contributed by atoms with Gasteiger partial charge in [0.2, 0.25) is 5.95 Å². The summed E-state index contributed by atoms with van der Waals surface area (Å²) in [5.41, 5.74) is 2.23. The second-order valence-corrected chi connectivity index (χ2v) is 6.86. The summed E-state index contributed by atoms with van der Waals surface area (Å²) in [6.45, 7) is 4.14. The first-order valence-corrected chi connectivity index (χ1v) is 7.51. The minimum Gasteiger partial charge on any atom is -0.326 e. The van der Waals surface area contributed by atoms with Crippen LogP contribution in [-0.2, 0) is 4.79 Å². The van der Waals surface area contributed by atoms with Crippen molar-refractivity contribution in [3.05, 3.63) is 46.9 Å². The molecule has 118 valence electrons. The maximum Gasteiger partial charge on any atom is 0.248 e. The summed E-state index contributed by atoms with van der Waals surface area (Å²) in [7, 11) is 0. The van der Waals surface area contributed by atoms with Gasteiger partial charge in [0.15, 0.2) is 5.78 Å². The normalized spacial score (nSPS) is 22.4. The molecular weight excluding hydrogens is 297 g/mol. The molecule has 0 unspecified atom stereocenters. The lowest BCUT2D eigenvalue weighted by Gasteiger charge is -2.37. The number of nitrogens with one attached hydrogen (secondary N) is 1. The summed E-state index contributed by atoms with van der Waals surface area (Å²) >= 11 is 0. The molecule has 2 aliphatic rings. The second-order valence-electron chi connectivity index (χ2n) is 6.86. The standard InChI is InChI=1S/C16H16FN5O/c1-16(2)7-11-13(12(23)8-16)14(9-3-5-10(17)6-4-9)22-15(18-11)19-20-21-22/h3-6,14H,7-8H2,1-2H3,(H,18,19,21)/t14-/m1/s1. The predicted molar refractivity (Wildman–Crippen MR) is 81.0 cm³/mol. The van der Waals surface area contributed by atoms with Gasteiger partial charge in [-0.25, -0.2) is 4.39 Å². The summed E-state index contributed by atoms with van der Waals surface area (Å²) < 4.78 is 14.8. The number of Topliss-reactive ketones (excluding diaryl/α,β-unsaturated/α-hetero) is 1. The van der Waals surface area contributed by atoms with Crippen LogP contribution in [0, 0.1) is 11.2 Å². The van der Waals surface area contributed by atoms with Crippen LogP contribution >= 0.6 is 0 Å². The molecule has 0 amide bonds.